The maximum Gasteiger partial charge on any atom is 0.407 e. The minimum atomic E-state index is -0.296. The van der Waals surface area contributed by atoms with Gasteiger partial charge in [0.25, 0.3) is 0 Å². The average Bonchev–Trinajstić information content (AvgIpc) is 2.33. The second kappa shape index (κ2) is 5.21. The van der Waals surface area contributed by atoms with Gasteiger partial charge in [0.15, 0.2) is 0 Å². The van der Waals surface area contributed by atoms with E-state index in [-0.39, 0.29) is 11.6 Å². The maximum absolute atomic E-state index is 11.7. The fourth-order valence-electron chi connectivity index (χ4n) is 2.15. The van der Waals surface area contributed by atoms with Gasteiger partial charge in [-0.25, -0.2) is 4.79 Å². The zero-order valence-corrected chi connectivity index (χ0v) is 10.2. The third-order valence-corrected chi connectivity index (χ3v) is 3.57. The third-order valence-electron chi connectivity index (χ3n) is 3.57. The highest BCUT2D eigenvalue weighted by Gasteiger charge is 2.36. The lowest BCUT2D eigenvalue weighted by Crippen LogP contribution is -2.53. The van der Waals surface area contributed by atoms with E-state index in [0.29, 0.717) is 6.61 Å². The van der Waals surface area contributed by atoms with E-state index in [4.69, 9.17) is 4.74 Å². The molecule has 1 aliphatic rings. The molecule has 0 aromatic heterocycles. The van der Waals surface area contributed by atoms with Gasteiger partial charge in [-0.3, -0.25) is 0 Å². The monoisotopic (exact) mass is 233 g/mol. The van der Waals surface area contributed by atoms with Gasteiger partial charge in [0, 0.05) is 5.54 Å². The number of rotatable bonds is 4. The van der Waals surface area contributed by atoms with Crippen LogP contribution in [0.4, 0.5) is 4.79 Å². The standard InChI is InChI=1S/C14H19NO2/c1-2-14(9-6-10-14)15-13(16)17-11-12-7-4-3-5-8-12/h3-5,7-8H,2,6,9-11H2,1H3,(H,15,16). The molecule has 1 saturated carbocycles. The van der Waals surface area contributed by atoms with Crippen LogP contribution in [-0.2, 0) is 11.3 Å². The van der Waals surface area contributed by atoms with Crippen molar-refractivity contribution in [2.75, 3.05) is 0 Å². The van der Waals surface area contributed by atoms with Crippen LogP contribution in [0.1, 0.15) is 38.2 Å². The zero-order valence-electron chi connectivity index (χ0n) is 10.2. The van der Waals surface area contributed by atoms with Gasteiger partial charge >= 0.3 is 6.09 Å². The van der Waals surface area contributed by atoms with Crippen molar-refractivity contribution in [1.82, 2.24) is 5.32 Å². The summed E-state index contributed by atoms with van der Waals surface area (Å²) in [4.78, 5) is 11.7. The second-order valence-corrected chi connectivity index (χ2v) is 4.67. The molecule has 0 aliphatic heterocycles. The number of carbonyl (C=O) groups excluding carboxylic acids is 1. The lowest BCUT2D eigenvalue weighted by atomic mass is 9.75. The van der Waals surface area contributed by atoms with Gasteiger partial charge < -0.3 is 10.1 Å². The third kappa shape index (κ3) is 2.99. The van der Waals surface area contributed by atoms with Crippen molar-refractivity contribution in [3.8, 4) is 0 Å². The van der Waals surface area contributed by atoms with E-state index >= 15 is 0 Å². The van der Waals surface area contributed by atoms with Crippen LogP contribution in [0.25, 0.3) is 0 Å². The summed E-state index contributed by atoms with van der Waals surface area (Å²) in [6.45, 7) is 2.45. The summed E-state index contributed by atoms with van der Waals surface area (Å²) in [5.74, 6) is 0. The normalized spacial score (nSPS) is 17.0. The number of hydrogen-bond acceptors (Lipinski definition) is 2. The largest absolute Gasteiger partial charge is 0.445 e. The lowest BCUT2D eigenvalue weighted by molar-refractivity contribution is 0.105. The van der Waals surface area contributed by atoms with Crippen molar-refractivity contribution in [1.29, 1.82) is 0 Å². The molecule has 1 fully saturated rings. The predicted molar refractivity (Wildman–Crippen MR) is 66.6 cm³/mol. The molecule has 0 atom stereocenters. The number of hydrogen-bond donors (Lipinski definition) is 1. The zero-order chi connectivity index (χ0) is 12.1. The summed E-state index contributed by atoms with van der Waals surface area (Å²) in [7, 11) is 0. The summed E-state index contributed by atoms with van der Waals surface area (Å²) in [6, 6.07) is 9.73. The Bertz CT molecular complexity index is 366. The molecule has 3 nitrogen and oxygen atoms in total. The molecule has 92 valence electrons. The molecule has 1 aromatic rings. The molecule has 0 unspecified atom stereocenters. The number of nitrogens with one attached hydrogen (secondary N) is 1. The van der Waals surface area contributed by atoms with Crippen molar-refractivity contribution in [3.05, 3.63) is 35.9 Å². The van der Waals surface area contributed by atoms with Crippen molar-refractivity contribution < 1.29 is 9.53 Å². The summed E-state index contributed by atoms with van der Waals surface area (Å²) in [5, 5.41) is 2.99. The van der Waals surface area contributed by atoms with Crippen LogP contribution >= 0.6 is 0 Å². The average molecular weight is 233 g/mol. The molecule has 3 heteroatoms. The second-order valence-electron chi connectivity index (χ2n) is 4.67. The molecule has 0 saturated heterocycles. The summed E-state index contributed by atoms with van der Waals surface area (Å²) >= 11 is 0. The molecule has 1 aromatic carbocycles. The summed E-state index contributed by atoms with van der Waals surface area (Å²) < 4.78 is 5.21. The summed E-state index contributed by atoms with van der Waals surface area (Å²) in [5.41, 5.74) is 1.02. The summed E-state index contributed by atoms with van der Waals surface area (Å²) in [6.07, 6.45) is 4.03. The molecule has 0 radical (unpaired) electrons. The first kappa shape index (κ1) is 12.0. The Hall–Kier alpha value is -1.51. The minimum absolute atomic E-state index is 0.00771. The number of benzene rings is 1. The van der Waals surface area contributed by atoms with Gasteiger partial charge in [-0.05, 0) is 31.2 Å². The van der Waals surface area contributed by atoms with Gasteiger partial charge in [0.2, 0.25) is 0 Å². The fourth-order valence-corrected chi connectivity index (χ4v) is 2.15. The number of ether oxygens (including phenoxy) is 1. The van der Waals surface area contributed by atoms with Crippen LogP contribution in [-0.4, -0.2) is 11.6 Å². The first-order valence-corrected chi connectivity index (χ1v) is 6.23. The minimum Gasteiger partial charge on any atom is -0.445 e. The van der Waals surface area contributed by atoms with E-state index in [1.54, 1.807) is 0 Å². The van der Waals surface area contributed by atoms with Crippen molar-refractivity contribution >= 4 is 6.09 Å². The van der Waals surface area contributed by atoms with Crippen LogP contribution in [0.2, 0.25) is 0 Å². The van der Waals surface area contributed by atoms with Crippen molar-refractivity contribution in [2.24, 2.45) is 0 Å². The Morgan fingerprint density at radius 1 is 1.35 bits per heavy atom. The molecule has 1 N–H and O–H groups in total. The highest BCUT2D eigenvalue weighted by molar-refractivity contribution is 5.68. The molecular weight excluding hydrogens is 214 g/mol. The molecule has 2 rings (SSSR count). The fraction of sp³-hybridized carbons (Fsp3) is 0.500. The molecule has 1 amide bonds. The molecule has 1 aliphatic carbocycles. The quantitative estimate of drug-likeness (QED) is 0.867. The van der Waals surface area contributed by atoms with Gasteiger partial charge in [-0.2, -0.15) is 0 Å². The smallest absolute Gasteiger partial charge is 0.407 e. The molecule has 0 heterocycles. The maximum atomic E-state index is 11.7. The lowest BCUT2D eigenvalue weighted by Gasteiger charge is -2.41. The topological polar surface area (TPSA) is 38.3 Å². The van der Waals surface area contributed by atoms with E-state index in [1.807, 2.05) is 30.3 Å². The first-order valence-electron chi connectivity index (χ1n) is 6.23. The van der Waals surface area contributed by atoms with Crippen LogP contribution in [0.3, 0.4) is 0 Å². The Morgan fingerprint density at radius 3 is 2.59 bits per heavy atom. The van der Waals surface area contributed by atoms with E-state index in [9.17, 15) is 4.79 Å². The Labute approximate surface area is 102 Å². The number of carbonyl (C=O) groups is 1. The predicted octanol–water partition coefficient (Wildman–Crippen LogP) is 3.25. The van der Waals surface area contributed by atoms with Crippen molar-refractivity contribution in [2.45, 2.75) is 44.8 Å². The van der Waals surface area contributed by atoms with Gasteiger partial charge in [-0.15, -0.1) is 0 Å². The Kier molecular flexibility index (Phi) is 3.67. The number of alkyl carbamates (subject to hydrolysis) is 1. The molecular formula is C14H19NO2. The van der Waals surface area contributed by atoms with Crippen molar-refractivity contribution in [3.63, 3.8) is 0 Å². The SMILES string of the molecule is CCC1(NC(=O)OCc2ccccc2)CCC1. The van der Waals surface area contributed by atoms with E-state index in [1.165, 1.54) is 6.42 Å². The van der Waals surface area contributed by atoms with E-state index in [2.05, 4.69) is 12.2 Å². The molecule has 0 bridgehead atoms. The van der Waals surface area contributed by atoms with Crippen LogP contribution in [0, 0.1) is 0 Å². The van der Waals surface area contributed by atoms with Crippen LogP contribution in [0.5, 0.6) is 0 Å². The Balaban J connectivity index is 1.78. The van der Waals surface area contributed by atoms with Gasteiger partial charge in [0.05, 0.1) is 0 Å². The van der Waals surface area contributed by atoms with E-state index in [0.717, 1.165) is 24.8 Å². The Morgan fingerprint density at radius 2 is 2.06 bits per heavy atom. The number of amides is 1. The van der Waals surface area contributed by atoms with Crippen LogP contribution < -0.4 is 5.32 Å². The van der Waals surface area contributed by atoms with Gasteiger partial charge in [-0.1, -0.05) is 37.3 Å². The van der Waals surface area contributed by atoms with E-state index < -0.39 is 0 Å². The van der Waals surface area contributed by atoms with Gasteiger partial charge in [0.1, 0.15) is 6.61 Å². The highest BCUT2D eigenvalue weighted by atomic mass is 16.5. The van der Waals surface area contributed by atoms with Crippen LogP contribution in [0.15, 0.2) is 30.3 Å². The first-order chi connectivity index (χ1) is 8.24. The highest BCUT2D eigenvalue weighted by Crippen LogP contribution is 2.34. The molecule has 0 spiro atoms. The molecule has 17 heavy (non-hydrogen) atoms.